The minimum absolute atomic E-state index is 1.23. The predicted octanol–water partition coefficient (Wildman–Crippen LogP) is 11.5. The molecule has 0 spiro atoms. The van der Waals surface area contributed by atoms with Crippen LogP contribution in [-0.4, -0.2) is 4.57 Å². The Morgan fingerprint density at radius 1 is 0.459 bits per heavy atom. The number of hydrogen-bond acceptors (Lipinski definition) is 0. The smallest absolute Gasteiger partial charge is 0.234 e. The highest BCUT2D eigenvalue weighted by Crippen LogP contribution is 2.15. The highest BCUT2D eigenvalue weighted by atomic mass is 15.1. The average Bonchev–Trinajstić information content (AvgIpc) is 3.29. The standard InChI is InChI=1S/C35H69N2/c1-4-7-10-13-16-17-18-19-20-21-22-23-24-27-30-35-36(31-28-25-14-11-8-5-2)33-34-37(35)32-29-26-15-12-9-6-3/h33-34H,4-32H2,1-3H3/q+1. The van der Waals surface area contributed by atoms with Crippen LogP contribution in [0.4, 0.5) is 0 Å². The maximum absolute atomic E-state index is 2.61. The Balaban J connectivity index is 2.24. The molecule has 1 aromatic heterocycles. The van der Waals surface area contributed by atoms with E-state index in [1.165, 1.54) is 186 Å². The Morgan fingerprint density at radius 2 is 0.838 bits per heavy atom. The van der Waals surface area contributed by atoms with Gasteiger partial charge in [0.2, 0.25) is 0 Å². The molecule has 2 nitrogen and oxygen atoms in total. The maximum Gasteiger partial charge on any atom is 0.256 e. The summed E-state index contributed by atoms with van der Waals surface area (Å²) in [5, 5.41) is 0. The molecule has 0 saturated carbocycles. The number of hydrogen-bond donors (Lipinski definition) is 0. The van der Waals surface area contributed by atoms with E-state index in [1.807, 2.05) is 0 Å². The Labute approximate surface area is 234 Å². The van der Waals surface area contributed by atoms with Crippen LogP contribution in [0, 0.1) is 0 Å². The van der Waals surface area contributed by atoms with Crippen molar-refractivity contribution in [3.05, 3.63) is 18.2 Å². The quantitative estimate of drug-likeness (QED) is 0.0737. The Kier molecular flexibility index (Phi) is 24.8. The summed E-state index contributed by atoms with van der Waals surface area (Å²) in [4.78, 5) is 0. The van der Waals surface area contributed by atoms with Crippen LogP contribution in [0.5, 0.6) is 0 Å². The SMILES string of the molecule is CCCCCCCCCCCCCCCCc1n(CCCCCCCC)cc[n+]1CCCCCCCC. The van der Waals surface area contributed by atoms with Gasteiger partial charge >= 0.3 is 0 Å². The molecule has 0 amide bonds. The van der Waals surface area contributed by atoms with Crippen LogP contribution >= 0.6 is 0 Å². The third kappa shape index (κ3) is 19.9. The lowest BCUT2D eigenvalue weighted by Gasteiger charge is -2.07. The van der Waals surface area contributed by atoms with E-state index >= 15 is 0 Å². The summed E-state index contributed by atoms with van der Waals surface area (Å²) < 4.78 is 5.22. The highest BCUT2D eigenvalue weighted by molar-refractivity contribution is 4.84. The summed E-state index contributed by atoms with van der Waals surface area (Å²) in [6.45, 7) is 9.38. The van der Waals surface area contributed by atoms with Gasteiger partial charge < -0.3 is 0 Å². The van der Waals surface area contributed by atoms with Crippen molar-refractivity contribution in [2.24, 2.45) is 0 Å². The monoisotopic (exact) mass is 518 g/mol. The first-order valence-electron chi connectivity index (χ1n) is 17.4. The zero-order valence-electron chi connectivity index (χ0n) is 26.1. The second-order valence-corrected chi connectivity index (χ2v) is 12.0. The molecule has 0 aliphatic rings. The van der Waals surface area contributed by atoms with Crippen molar-refractivity contribution in [1.29, 1.82) is 0 Å². The summed E-state index contributed by atoms with van der Waals surface area (Å²) in [6.07, 6.45) is 43.0. The predicted molar refractivity (Wildman–Crippen MR) is 165 cm³/mol. The van der Waals surface area contributed by atoms with Gasteiger partial charge in [-0.15, -0.1) is 0 Å². The fourth-order valence-corrected chi connectivity index (χ4v) is 5.80. The molecule has 1 heterocycles. The maximum atomic E-state index is 2.61. The Bertz CT molecular complexity index is 542. The van der Waals surface area contributed by atoms with Gasteiger partial charge in [-0.1, -0.05) is 156 Å². The zero-order chi connectivity index (χ0) is 26.7. The molecule has 0 N–H and O–H groups in total. The Morgan fingerprint density at radius 3 is 1.30 bits per heavy atom. The number of imidazole rings is 1. The molecule has 1 aromatic rings. The lowest BCUT2D eigenvalue weighted by atomic mass is 10.0. The molecule has 0 atom stereocenters. The summed E-state index contributed by atoms with van der Waals surface area (Å²) in [7, 11) is 0. The van der Waals surface area contributed by atoms with Crippen molar-refractivity contribution >= 4 is 0 Å². The first-order valence-corrected chi connectivity index (χ1v) is 17.4. The van der Waals surface area contributed by atoms with Gasteiger partial charge in [0.15, 0.2) is 0 Å². The van der Waals surface area contributed by atoms with E-state index in [4.69, 9.17) is 0 Å². The van der Waals surface area contributed by atoms with E-state index in [9.17, 15) is 0 Å². The summed E-state index contributed by atoms with van der Waals surface area (Å²) in [5.41, 5.74) is 0. The first kappa shape index (κ1) is 34.2. The van der Waals surface area contributed by atoms with Crippen molar-refractivity contribution in [3.63, 3.8) is 0 Å². The van der Waals surface area contributed by atoms with Crippen molar-refractivity contribution in [2.45, 2.75) is 207 Å². The fraction of sp³-hybridized carbons (Fsp3) is 0.914. The molecule has 2 heteroatoms. The molecule has 218 valence electrons. The van der Waals surface area contributed by atoms with E-state index in [0.29, 0.717) is 0 Å². The summed E-state index contributed by atoms with van der Waals surface area (Å²) >= 11 is 0. The molecule has 0 radical (unpaired) electrons. The van der Waals surface area contributed by atoms with Gasteiger partial charge in [0.05, 0.1) is 13.1 Å². The lowest BCUT2D eigenvalue weighted by Crippen LogP contribution is -2.37. The molecule has 0 saturated heterocycles. The van der Waals surface area contributed by atoms with Crippen LogP contribution in [0.3, 0.4) is 0 Å². The zero-order valence-corrected chi connectivity index (χ0v) is 26.1. The van der Waals surface area contributed by atoms with E-state index in [0.717, 1.165) is 0 Å². The minimum atomic E-state index is 1.23. The molecule has 37 heavy (non-hydrogen) atoms. The second-order valence-electron chi connectivity index (χ2n) is 12.0. The van der Waals surface area contributed by atoms with Crippen LogP contribution < -0.4 is 4.57 Å². The first-order chi connectivity index (χ1) is 18.3. The van der Waals surface area contributed by atoms with E-state index in [2.05, 4.69) is 42.3 Å². The van der Waals surface area contributed by atoms with Gasteiger partial charge in [-0.25, -0.2) is 9.13 Å². The van der Waals surface area contributed by atoms with Crippen molar-refractivity contribution < 1.29 is 4.57 Å². The summed E-state index contributed by atoms with van der Waals surface area (Å²) in [5.74, 6) is 1.61. The largest absolute Gasteiger partial charge is 0.256 e. The van der Waals surface area contributed by atoms with Gasteiger partial charge in [0.1, 0.15) is 12.4 Å². The molecule has 0 bridgehead atoms. The highest BCUT2D eigenvalue weighted by Gasteiger charge is 2.16. The van der Waals surface area contributed by atoms with Gasteiger partial charge in [-0.2, -0.15) is 0 Å². The molecule has 1 rings (SSSR count). The van der Waals surface area contributed by atoms with E-state index in [-0.39, 0.29) is 0 Å². The second kappa shape index (κ2) is 26.8. The number of aryl methyl sites for hydroxylation is 2. The van der Waals surface area contributed by atoms with Crippen LogP contribution in [-0.2, 0) is 19.5 Å². The van der Waals surface area contributed by atoms with Gasteiger partial charge in [0, 0.05) is 6.42 Å². The number of aromatic nitrogens is 2. The van der Waals surface area contributed by atoms with Crippen LogP contribution in [0.2, 0.25) is 0 Å². The molecule has 0 fully saturated rings. The van der Waals surface area contributed by atoms with Gasteiger partial charge in [-0.3, -0.25) is 0 Å². The van der Waals surface area contributed by atoms with Gasteiger partial charge in [0.25, 0.3) is 5.82 Å². The topological polar surface area (TPSA) is 8.81 Å². The lowest BCUT2D eigenvalue weighted by molar-refractivity contribution is -0.704. The van der Waals surface area contributed by atoms with Crippen molar-refractivity contribution in [1.82, 2.24) is 4.57 Å². The van der Waals surface area contributed by atoms with Crippen LogP contribution in [0.15, 0.2) is 12.4 Å². The molecule has 0 aliphatic heterocycles. The third-order valence-corrected chi connectivity index (χ3v) is 8.35. The normalized spacial score (nSPS) is 11.5. The molecule has 0 aromatic carbocycles. The number of unbranched alkanes of at least 4 members (excludes halogenated alkanes) is 23. The number of nitrogens with zero attached hydrogens (tertiary/aromatic N) is 2. The van der Waals surface area contributed by atoms with Crippen molar-refractivity contribution in [2.75, 3.05) is 0 Å². The van der Waals surface area contributed by atoms with Gasteiger partial charge in [-0.05, 0) is 32.1 Å². The van der Waals surface area contributed by atoms with Crippen molar-refractivity contribution in [3.8, 4) is 0 Å². The molecule has 0 unspecified atom stereocenters. The van der Waals surface area contributed by atoms with E-state index < -0.39 is 0 Å². The molecular formula is C35H69N2+. The molecule has 0 aliphatic carbocycles. The summed E-state index contributed by atoms with van der Waals surface area (Å²) in [6, 6.07) is 0. The Hall–Kier alpha value is -0.790. The average molecular weight is 518 g/mol. The minimum Gasteiger partial charge on any atom is -0.234 e. The van der Waals surface area contributed by atoms with E-state index in [1.54, 1.807) is 5.82 Å². The fourth-order valence-electron chi connectivity index (χ4n) is 5.80. The van der Waals surface area contributed by atoms with Crippen LogP contribution in [0.25, 0.3) is 0 Å². The van der Waals surface area contributed by atoms with Crippen LogP contribution in [0.1, 0.15) is 194 Å². The molecular weight excluding hydrogens is 448 g/mol. The number of rotatable bonds is 29. The third-order valence-electron chi connectivity index (χ3n) is 8.35.